The Morgan fingerprint density at radius 2 is 2.00 bits per heavy atom. The number of hydrogen-bond donors (Lipinski definition) is 1. The van der Waals surface area contributed by atoms with Crippen LogP contribution < -0.4 is 5.32 Å². The van der Waals surface area contributed by atoms with Crippen molar-refractivity contribution in [1.82, 2.24) is 5.32 Å². The fourth-order valence-corrected chi connectivity index (χ4v) is 5.61. The summed E-state index contributed by atoms with van der Waals surface area (Å²) in [5.74, 6) is 3.75. The Morgan fingerprint density at radius 1 is 1.15 bits per heavy atom. The maximum absolute atomic E-state index is 13.3. The van der Waals surface area contributed by atoms with E-state index in [1.54, 1.807) is 12.1 Å². The van der Waals surface area contributed by atoms with Gasteiger partial charge in [-0.05, 0) is 73.1 Å². The molecule has 1 aromatic carbocycles. The summed E-state index contributed by atoms with van der Waals surface area (Å²) in [5.41, 5.74) is 1.04. The van der Waals surface area contributed by atoms with Gasteiger partial charge in [-0.3, -0.25) is 0 Å². The Morgan fingerprint density at radius 3 is 2.90 bits per heavy atom. The van der Waals surface area contributed by atoms with Crippen molar-refractivity contribution in [1.29, 1.82) is 0 Å². The van der Waals surface area contributed by atoms with Gasteiger partial charge in [0.2, 0.25) is 0 Å². The second kappa shape index (κ2) is 5.10. The third-order valence-corrected chi connectivity index (χ3v) is 6.76. The van der Waals surface area contributed by atoms with Gasteiger partial charge in [0.1, 0.15) is 5.82 Å². The molecular weight excluding hydrogens is 317 g/mol. The van der Waals surface area contributed by atoms with E-state index in [2.05, 4.69) is 21.2 Å². The van der Waals surface area contributed by atoms with Crippen molar-refractivity contribution >= 4 is 15.9 Å². The van der Waals surface area contributed by atoms with Crippen LogP contribution in [0.4, 0.5) is 4.39 Å². The van der Waals surface area contributed by atoms with Crippen molar-refractivity contribution in [3.63, 3.8) is 0 Å². The highest BCUT2D eigenvalue weighted by molar-refractivity contribution is 9.10. The largest absolute Gasteiger partial charge is 0.310 e. The molecule has 1 N–H and O–H groups in total. The van der Waals surface area contributed by atoms with Gasteiger partial charge in [0.15, 0.2) is 0 Å². The van der Waals surface area contributed by atoms with E-state index in [1.807, 2.05) is 0 Å². The minimum atomic E-state index is -0.145. The zero-order valence-electron chi connectivity index (χ0n) is 11.6. The second-order valence-corrected chi connectivity index (χ2v) is 7.73. The Kier molecular flexibility index (Phi) is 3.38. The fourth-order valence-electron chi connectivity index (χ4n) is 5.22. The minimum absolute atomic E-state index is 0.145. The number of fused-ring (bicyclic) bond motifs is 5. The molecule has 3 heteroatoms. The summed E-state index contributed by atoms with van der Waals surface area (Å²) in [4.78, 5) is 0. The second-order valence-electron chi connectivity index (χ2n) is 6.88. The van der Waals surface area contributed by atoms with Crippen molar-refractivity contribution < 1.29 is 4.39 Å². The summed E-state index contributed by atoms with van der Waals surface area (Å²) < 4.78 is 14.3. The number of hydrogen-bond acceptors (Lipinski definition) is 1. The maximum Gasteiger partial charge on any atom is 0.123 e. The lowest BCUT2D eigenvalue weighted by Gasteiger charge is -2.32. The predicted molar refractivity (Wildman–Crippen MR) is 81.8 cm³/mol. The first-order valence-electron chi connectivity index (χ1n) is 7.89. The molecule has 4 rings (SSSR count). The van der Waals surface area contributed by atoms with Crippen LogP contribution in [-0.2, 0) is 6.54 Å². The normalized spacial score (nSPS) is 38.4. The Balaban J connectivity index is 1.42. The molecule has 5 unspecified atom stereocenters. The first-order valence-corrected chi connectivity index (χ1v) is 8.69. The van der Waals surface area contributed by atoms with Gasteiger partial charge in [-0.1, -0.05) is 22.4 Å². The van der Waals surface area contributed by atoms with Crippen LogP contribution in [0.2, 0.25) is 0 Å². The molecule has 0 aliphatic heterocycles. The van der Waals surface area contributed by atoms with Crippen LogP contribution in [0, 0.1) is 29.5 Å². The van der Waals surface area contributed by atoms with Gasteiger partial charge in [0.05, 0.1) is 0 Å². The molecule has 0 amide bonds. The van der Waals surface area contributed by atoms with Gasteiger partial charge in [-0.2, -0.15) is 0 Å². The van der Waals surface area contributed by atoms with E-state index in [4.69, 9.17) is 0 Å². The Labute approximate surface area is 128 Å². The monoisotopic (exact) mass is 337 g/mol. The van der Waals surface area contributed by atoms with Gasteiger partial charge in [0, 0.05) is 17.1 Å². The summed E-state index contributed by atoms with van der Waals surface area (Å²) in [6.07, 6.45) is 7.17. The summed E-state index contributed by atoms with van der Waals surface area (Å²) >= 11 is 3.52. The van der Waals surface area contributed by atoms with Crippen molar-refractivity contribution in [3.05, 3.63) is 34.1 Å². The van der Waals surface area contributed by atoms with E-state index >= 15 is 0 Å². The molecule has 0 radical (unpaired) electrons. The molecule has 0 spiro atoms. The zero-order chi connectivity index (χ0) is 13.7. The molecule has 0 aromatic heterocycles. The average Bonchev–Trinajstić information content (AvgIpc) is 3.10. The van der Waals surface area contributed by atoms with E-state index in [0.717, 1.165) is 40.3 Å². The summed E-state index contributed by atoms with van der Waals surface area (Å²) in [6, 6.07) is 5.62. The number of benzene rings is 1. The number of halogens is 2. The molecule has 20 heavy (non-hydrogen) atoms. The van der Waals surface area contributed by atoms with E-state index in [0.29, 0.717) is 6.04 Å². The van der Waals surface area contributed by atoms with E-state index in [1.165, 1.54) is 38.2 Å². The van der Waals surface area contributed by atoms with Crippen LogP contribution in [0.5, 0.6) is 0 Å². The van der Waals surface area contributed by atoms with Crippen LogP contribution in [-0.4, -0.2) is 6.04 Å². The smallest absolute Gasteiger partial charge is 0.123 e. The first kappa shape index (κ1) is 13.3. The molecule has 3 saturated carbocycles. The molecule has 0 heterocycles. The average molecular weight is 338 g/mol. The molecule has 1 nitrogen and oxygen atoms in total. The maximum atomic E-state index is 13.3. The Hall–Kier alpha value is -0.410. The van der Waals surface area contributed by atoms with Crippen molar-refractivity contribution in [3.8, 4) is 0 Å². The third-order valence-electron chi connectivity index (χ3n) is 5.99. The van der Waals surface area contributed by atoms with Gasteiger partial charge in [0.25, 0.3) is 0 Å². The molecule has 3 fully saturated rings. The molecule has 3 aliphatic rings. The van der Waals surface area contributed by atoms with Gasteiger partial charge < -0.3 is 5.32 Å². The van der Waals surface area contributed by atoms with Crippen molar-refractivity contribution in [2.45, 2.75) is 44.7 Å². The quantitative estimate of drug-likeness (QED) is 0.856. The first-order chi connectivity index (χ1) is 9.72. The van der Waals surface area contributed by atoms with Crippen molar-refractivity contribution in [2.75, 3.05) is 0 Å². The highest BCUT2D eigenvalue weighted by atomic mass is 79.9. The van der Waals surface area contributed by atoms with Crippen LogP contribution in [0.1, 0.15) is 37.7 Å². The number of nitrogens with one attached hydrogen (secondary N) is 1. The minimum Gasteiger partial charge on any atom is -0.310 e. The van der Waals surface area contributed by atoms with Crippen LogP contribution in [0.3, 0.4) is 0 Å². The van der Waals surface area contributed by atoms with Gasteiger partial charge >= 0.3 is 0 Å². The lowest BCUT2D eigenvalue weighted by Crippen LogP contribution is -2.38. The van der Waals surface area contributed by atoms with Crippen LogP contribution >= 0.6 is 15.9 Å². The van der Waals surface area contributed by atoms with E-state index in [-0.39, 0.29) is 5.82 Å². The van der Waals surface area contributed by atoms with Crippen LogP contribution in [0.25, 0.3) is 0 Å². The third kappa shape index (κ3) is 2.14. The SMILES string of the molecule is Fc1ccc(Br)c(CNC2CC3CC2C2CCCC32)c1. The molecule has 5 atom stereocenters. The standard InChI is InChI=1S/C17H21BrFN/c18-16-5-4-12(19)6-11(16)9-20-17-8-10-7-15(17)14-3-1-2-13(10)14/h4-6,10,13-15,17,20H,1-3,7-9H2. The lowest BCUT2D eigenvalue weighted by molar-refractivity contribution is 0.208. The van der Waals surface area contributed by atoms with E-state index < -0.39 is 0 Å². The number of rotatable bonds is 3. The summed E-state index contributed by atoms with van der Waals surface area (Å²) in [7, 11) is 0. The molecule has 108 valence electrons. The van der Waals surface area contributed by atoms with Gasteiger partial charge in [-0.15, -0.1) is 0 Å². The molecule has 1 aromatic rings. The molecular formula is C17H21BrFN. The Bertz CT molecular complexity index is 518. The predicted octanol–water partition coefficient (Wildman–Crippen LogP) is 4.50. The lowest BCUT2D eigenvalue weighted by atomic mass is 9.79. The molecule has 2 bridgehead atoms. The summed E-state index contributed by atoms with van der Waals surface area (Å²) in [5, 5.41) is 3.71. The highest BCUT2D eigenvalue weighted by Crippen LogP contribution is 2.58. The molecule has 0 saturated heterocycles. The summed E-state index contributed by atoms with van der Waals surface area (Å²) in [6.45, 7) is 0.781. The van der Waals surface area contributed by atoms with Crippen LogP contribution in [0.15, 0.2) is 22.7 Å². The molecule has 3 aliphatic carbocycles. The van der Waals surface area contributed by atoms with E-state index in [9.17, 15) is 4.39 Å². The zero-order valence-corrected chi connectivity index (χ0v) is 13.2. The topological polar surface area (TPSA) is 12.0 Å². The highest BCUT2D eigenvalue weighted by Gasteiger charge is 2.53. The fraction of sp³-hybridized carbons (Fsp3) is 0.647. The van der Waals surface area contributed by atoms with Gasteiger partial charge in [-0.25, -0.2) is 4.39 Å². The van der Waals surface area contributed by atoms with Crippen molar-refractivity contribution in [2.24, 2.45) is 23.7 Å².